The second-order valence-electron chi connectivity index (χ2n) is 3.83. The third kappa shape index (κ3) is 2.16. The maximum atomic E-state index is 5.79. The van der Waals surface area contributed by atoms with Crippen LogP contribution in [-0.4, -0.2) is 23.7 Å². The molecule has 0 aliphatic carbocycles. The zero-order valence-electron chi connectivity index (χ0n) is 8.09. The minimum atomic E-state index is -0.00230. The lowest BCUT2D eigenvalue weighted by atomic mass is 10.0. The van der Waals surface area contributed by atoms with Gasteiger partial charge in [-0.25, -0.2) is 4.98 Å². The van der Waals surface area contributed by atoms with E-state index in [9.17, 15) is 0 Å². The summed E-state index contributed by atoms with van der Waals surface area (Å²) < 4.78 is 5.34. The average molecular weight is 213 g/mol. The van der Waals surface area contributed by atoms with Crippen LogP contribution in [-0.2, 0) is 4.74 Å². The summed E-state index contributed by atoms with van der Waals surface area (Å²) in [6.45, 7) is 3.66. The molecular weight excluding hydrogens is 200 g/mol. The van der Waals surface area contributed by atoms with Crippen molar-refractivity contribution in [1.82, 2.24) is 4.98 Å². The van der Waals surface area contributed by atoms with Crippen LogP contribution in [0, 0.1) is 0 Å². The summed E-state index contributed by atoms with van der Waals surface area (Å²) in [6, 6.07) is 5.56. The number of pyridine rings is 1. The van der Waals surface area contributed by atoms with E-state index in [1.807, 2.05) is 12.1 Å². The number of nitrogens with one attached hydrogen (secondary N) is 1. The Morgan fingerprint density at radius 3 is 3.07 bits per heavy atom. The molecule has 1 aliphatic heterocycles. The number of halogens is 1. The minimum Gasteiger partial charge on any atom is -0.379 e. The summed E-state index contributed by atoms with van der Waals surface area (Å²) in [5, 5.41) is 3.85. The smallest absolute Gasteiger partial charge is 0.131 e. The highest BCUT2D eigenvalue weighted by Gasteiger charge is 2.29. The summed E-state index contributed by atoms with van der Waals surface area (Å²) >= 11 is 5.79. The van der Waals surface area contributed by atoms with Crippen molar-refractivity contribution in [3.05, 3.63) is 23.4 Å². The van der Waals surface area contributed by atoms with Crippen molar-refractivity contribution in [2.45, 2.75) is 18.9 Å². The van der Waals surface area contributed by atoms with E-state index in [0.717, 1.165) is 25.5 Å². The van der Waals surface area contributed by atoms with Crippen LogP contribution < -0.4 is 5.32 Å². The lowest BCUT2D eigenvalue weighted by Gasteiger charge is -2.24. The normalized spacial score (nSPS) is 26.4. The summed E-state index contributed by atoms with van der Waals surface area (Å²) in [4.78, 5) is 4.18. The van der Waals surface area contributed by atoms with Crippen molar-refractivity contribution in [3.8, 4) is 0 Å². The molecule has 1 saturated heterocycles. The van der Waals surface area contributed by atoms with Gasteiger partial charge in [-0.1, -0.05) is 17.7 Å². The Morgan fingerprint density at radius 1 is 1.57 bits per heavy atom. The van der Waals surface area contributed by atoms with Gasteiger partial charge in [0.1, 0.15) is 11.0 Å². The first kappa shape index (κ1) is 9.74. The van der Waals surface area contributed by atoms with Gasteiger partial charge in [-0.15, -0.1) is 0 Å². The minimum absolute atomic E-state index is 0.00230. The number of aromatic nitrogens is 1. The van der Waals surface area contributed by atoms with E-state index in [1.54, 1.807) is 6.07 Å². The Labute approximate surface area is 88.4 Å². The van der Waals surface area contributed by atoms with Crippen LogP contribution in [0.4, 0.5) is 5.82 Å². The lowest BCUT2D eigenvalue weighted by molar-refractivity contribution is 0.185. The summed E-state index contributed by atoms with van der Waals surface area (Å²) in [5.41, 5.74) is -0.00230. The number of anilines is 1. The van der Waals surface area contributed by atoms with Crippen molar-refractivity contribution in [3.63, 3.8) is 0 Å². The Balaban J connectivity index is 2.10. The molecular formula is C10H13ClN2O. The predicted octanol–water partition coefficient (Wildman–Crippen LogP) is 2.33. The maximum Gasteiger partial charge on any atom is 0.131 e. The number of nitrogens with zero attached hydrogens (tertiary/aromatic N) is 1. The van der Waals surface area contributed by atoms with Crippen LogP contribution in [0.2, 0.25) is 5.15 Å². The molecule has 0 amide bonds. The molecule has 0 spiro atoms. The van der Waals surface area contributed by atoms with E-state index in [2.05, 4.69) is 17.2 Å². The van der Waals surface area contributed by atoms with Crippen molar-refractivity contribution >= 4 is 17.4 Å². The van der Waals surface area contributed by atoms with Crippen LogP contribution in [0.5, 0.6) is 0 Å². The van der Waals surface area contributed by atoms with Gasteiger partial charge in [-0.3, -0.25) is 0 Å². The van der Waals surface area contributed by atoms with Crippen molar-refractivity contribution in [2.75, 3.05) is 18.5 Å². The molecule has 0 radical (unpaired) electrons. The molecule has 1 aromatic rings. The molecule has 0 saturated carbocycles. The number of ether oxygens (including phenoxy) is 1. The molecule has 1 unspecified atom stereocenters. The quantitative estimate of drug-likeness (QED) is 0.765. The van der Waals surface area contributed by atoms with E-state index >= 15 is 0 Å². The average Bonchev–Trinajstić information content (AvgIpc) is 2.51. The monoisotopic (exact) mass is 212 g/mol. The first-order valence-electron chi connectivity index (χ1n) is 4.66. The SMILES string of the molecule is CC1(Nc2cccc(Cl)n2)CCOC1. The Morgan fingerprint density at radius 2 is 2.43 bits per heavy atom. The number of hydrogen-bond donors (Lipinski definition) is 1. The highest BCUT2D eigenvalue weighted by Crippen LogP contribution is 2.23. The van der Waals surface area contributed by atoms with Crippen LogP contribution in [0.25, 0.3) is 0 Å². The number of rotatable bonds is 2. The molecule has 1 aromatic heterocycles. The summed E-state index contributed by atoms with van der Waals surface area (Å²) in [5.74, 6) is 0.811. The van der Waals surface area contributed by atoms with Crippen LogP contribution in [0.1, 0.15) is 13.3 Å². The van der Waals surface area contributed by atoms with Crippen molar-refractivity contribution in [1.29, 1.82) is 0 Å². The van der Waals surface area contributed by atoms with Gasteiger partial charge >= 0.3 is 0 Å². The Bertz CT molecular complexity index is 324. The predicted molar refractivity (Wildman–Crippen MR) is 56.7 cm³/mol. The molecule has 1 aliphatic rings. The number of hydrogen-bond acceptors (Lipinski definition) is 3. The molecule has 1 N–H and O–H groups in total. The summed E-state index contributed by atoms with van der Waals surface area (Å²) in [7, 11) is 0. The first-order valence-corrected chi connectivity index (χ1v) is 5.04. The molecule has 3 nitrogen and oxygen atoms in total. The highest BCUT2D eigenvalue weighted by molar-refractivity contribution is 6.29. The van der Waals surface area contributed by atoms with Crippen LogP contribution in [0.15, 0.2) is 18.2 Å². The second kappa shape index (κ2) is 3.75. The molecule has 4 heteroatoms. The summed E-state index contributed by atoms with van der Waals surface area (Å²) in [6.07, 6.45) is 1.00. The van der Waals surface area contributed by atoms with Gasteiger partial charge in [0, 0.05) is 6.61 Å². The fraction of sp³-hybridized carbons (Fsp3) is 0.500. The van der Waals surface area contributed by atoms with E-state index in [0.29, 0.717) is 5.15 Å². The molecule has 76 valence electrons. The third-order valence-corrected chi connectivity index (χ3v) is 2.57. The molecule has 1 fully saturated rings. The largest absolute Gasteiger partial charge is 0.379 e. The maximum absolute atomic E-state index is 5.79. The van der Waals surface area contributed by atoms with Gasteiger partial charge in [0.2, 0.25) is 0 Å². The van der Waals surface area contributed by atoms with Gasteiger partial charge in [-0.05, 0) is 25.5 Å². The van der Waals surface area contributed by atoms with Gasteiger partial charge in [-0.2, -0.15) is 0 Å². The van der Waals surface area contributed by atoms with Crippen LogP contribution >= 0.6 is 11.6 Å². The molecule has 2 heterocycles. The van der Waals surface area contributed by atoms with Crippen molar-refractivity contribution in [2.24, 2.45) is 0 Å². The van der Waals surface area contributed by atoms with E-state index in [4.69, 9.17) is 16.3 Å². The Hall–Kier alpha value is -0.800. The zero-order valence-corrected chi connectivity index (χ0v) is 8.84. The standard InChI is InChI=1S/C10H13ClN2O/c1-10(5-6-14-7-10)13-9-4-2-3-8(11)12-9/h2-4H,5-7H2,1H3,(H,12,13). The van der Waals surface area contributed by atoms with E-state index in [-0.39, 0.29) is 5.54 Å². The second-order valence-corrected chi connectivity index (χ2v) is 4.22. The fourth-order valence-corrected chi connectivity index (χ4v) is 1.72. The third-order valence-electron chi connectivity index (χ3n) is 2.36. The first-order chi connectivity index (χ1) is 6.68. The molecule has 0 bridgehead atoms. The Kier molecular flexibility index (Phi) is 2.61. The highest BCUT2D eigenvalue weighted by atomic mass is 35.5. The van der Waals surface area contributed by atoms with Gasteiger partial charge < -0.3 is 10.1 Å². The van der Waals surface area contributed by atoms with Crippen molar-refractivity contribution < 1.29 is 4.74 Å². The van der Waals surface area contributed by atoms with Gasteiger partial charge in [0.05, 0.1) is 12.1 Å². The van der Waals surface area contributed by atoms with Gasteiger partial charge in [0.25, 0.3) is 0 Å². The van der Waals surface area contributed by atoms with E-state index in [1.165, 1.54) is 0 Å². The molecule has 2 rings (SSSR count). The lowest BCUT2D eigenvalue weighted by Crippen LogP contribution is -2.35. The fourth-order valence-electron chi connectivity index (χ4n) is 1.55. The molecule has 0 aromatic carbocycles. The topological polar surface area (TPSA) is 34.2 Å². The van der Waals surface area contributed by atoms with E-state index < -0.39 is 0 Å². The molecule has 14 heavy (non-hydrogen) atoms. The molecule has 1 atom stereocenters. The van der Waals surface area contributed by atoms with Crippen LogP contribution in [0.3, 0.4) is 0 Å². The zero-order chi connectivity index (χ0) is 10.0. The van der Waals surface area contributed by atoms with Gasteiger partial charge in [0.15, 0.2) is 0 Å².